The second kappa shape index (κ2) is 8.12. The van der Waals surface area contributed by atoms with E-state index in [2.05, 4.69) is 38.4 Å². The molecule has 0 atom stereocenters. The zero-order valence-electron chi connectivity index (χ0n) is 15.1. The molecule has 3 aromatic rings. The van der Waals surface area contributed by atoms with Crippen molar-refractivity contribution in [1.29, 1.82) is 0 Å². The van der Waals surface area contributed by atoms with E-state index in [1.165, 1.54) is 36.4 Å². The monoisotopic (exact) mass is 368 g/mol. The van der Waals surface area contributed by atoms with Gasteiger partial charge in [-0.25, -0.2) is 0 Å². The Morgan fingerprint density at radius 1 is 1.15 bits per heavy atom. The van der Waals surface area contributed by atoms with Crippen LogP contribution < -0.4 is 0 Å². The third kappa shape index (κ3) is 4.38. The van der Waals surface area contributed by atoms with Gasteiger partial charge in [-0.3, -0.25) is 14.8 Å². The van der Waals surface area contributed by atoms with Crippen molar-refractivity contribution in [3.63, 3.8) is 0 Å². The summed E-state index contributed by atoms with van der Waals surface area (Å²) in [6.45, 7) is 5.26. The zero-order chi connectivity index (χ0) is 17.8. The smallest absolute Gasteiger partial charge is 0.151 e. The average molecular weight is 369 g/mol. The lowest BCUT2D eigenvalue weighted by atomic mass is 10.2. The first-order chi connectivity index (χ1) is 12.8. The minimum absolute atomic E-state index is 0.747. The summed E-state index contributed by atoms with van der Waals surface area (Å²) in [7, 11) is 2.12. The summed E-state index contributed by atoms with van der Waals surface area (Å²) in [5.41, 5.74) is 3.34. The number of nitrogens with zero attached hydrogens (tertiary/aromatic N) is 4. The molecule has 6 heteroatoms. The van der Waals surface area contributed by atoms with Gasteiger partial charge in [0.1, 0.15) is 5.69 Å². The van der Waals surface area contributed by atoms with E-state index >= 15 is 0 Å². The summed E-state index contributed by atoms with van der Waals surface area (Å²) in [6, 6.07) is 8.25. The molecule has 0 aromatic carbocycles. The third-order valence-electron chi connectivity index (χ3n) is 4.70. The van der Waals surface area contributed by atoms with Crippen LogP contribution in [0, 0.1) is 0 Å². The van der Waals surface area contributed by atoms with Crippen LogP contribution in [-0.4, -0.2) is 40.1 Å². The lowest BCUT2D eigenvalue weighted by molar-refractivity contribution is 0.268. The summed E-state index contributed by atoms with van der Waals surface area (Å²) in [5.74, 6) is 0.883. The van der Waals surface area contributed by atoms with Gasteiger partial charge in [-0.2, -0.15) is 0 Å². The van der Waals surface area contributed by atoms with Gasteiger partial charge in [-0.05, 0) is 62.1 Å². The molecule has 0 radical (unpaired) electrons. The Labute approximate surface area is 158 Å². The Morgan fingerprint density at radius 3 is 2.77 bits per heavy atom. The molecule has 0 unspecified atom stereocenters. The number of aromatic nitrogens is 2. The molecule has 0 spiro atoms. The molecule has 0 amide bonds. The molecule has 1 saturated heterocycles. The van der Waals surface area contributed by atoms with E-state index in [9.17, 15) is 0 Å². The second-order valence-electron chi connectivity index (χ2n) is 6.99. The van der Waals surface area contributed by atoms with Crippen molar-refractivity contribution in [2.75, 3.05) is 20.1 Å². The number of pyridine rings is 1. The molecular weight excluding hydrogens is 344 g/mol. The van der Waals surface area contributed by atoms with E-state index in [0.717, 1.165) is 36.7 Å². The number of hydrogen-bond acceptors (Lipinski definition) is 6. The van der Waals surface area contributed by atoms with Gasteiger partial charge < -0.3 is 4.52 Å². The van der Waals surface area contributed by atoms with Gasteiger partial charge in [0.15, 0.2) is 5.76 Å². The number of thiophene rings is 1. The summed E-state index contributed by atoms with van der Waals surface area (Å²) >= 11 is 1.85. The minimum Gasteiger partial charge on any atom is -0.359 e. The van der Waals surface area contributed by atoms with Crippen molar-refractivity contribution in [2.45, 2.75) is 32.5 Å². The molecule has 0 bridgehead atoms. The van der Waals surface area contributed by atoms with Crippen LogP contribution in [-0.2, 0) is 19.6 Å². The molecule has 5 nitrogen and oxygen atoms in total. The Balaban J connectivity index is 1.32. The second-order valence-corrected chi connectivity index (χ2v) is 7.99. The lowest BCUT2D eigenvalue weighted by Gasteiger charge is -2.14. The quantitative estimate of drug-likeness (QED) is 0.630. The Morgan fingerprint density at radius 2 is 1.96 bits per heavy atom. The molecule has 136 valence electrons. The van der Waals surface area contributed by atoms with E-state index < -0.39 is 0 Å². The largest absolute Gasteiger partial charge is 0.359 e. The van der Waals surface area contributed by atoms with Crippen molar-refractivity contribution in [1.82, 2.24) is 19.9 Å². The molecule has 4 heterocycles. The number of likely N-dealkylation sites (tertiary alicyclic amines) is 1. The van der Waals surface area contributed by atoms with Gasteiger partial charge >= 0.3 is 0 Å². The highest BCUT2D eigenvalue weighted by Crippen LogP contribution is 2.22. The van der Waals surface area contributed by atoms with Gasteiger partial charge in [-0.15, -0.1) is 11.3 Å². The number of rotatable bonds is 7. The van der Waals surface area contributed by atoms with Crippen molar-refractivity contribution >= 4 is 11.3 Å². The van der Waals surface area contributed by atoms with Gasteiger partial charge in [0.05, 0.1) is 6.54 Å². The topological polar surface area (TPSA) is 45.4 Å². The van der Waals surface area contributed by atoms with Gasteiger partial charge in [0.2, 0.25) is 0 Å². The Hall–Kier alpha value is -2.02. The normalized spacial score (nSPS) is 15.2. The summed E-state index contributed by atoms with van der Waals surface area (Å²) in [6.07, 6.45) is 6.23. The van der Waals surface area contributed by atoms with E-state index in [4.69, 9.17) is 4.52 Å². The molecule has 3 aromatic heterocycles. The van der Waals surface area contributed by atoms with Crippen LogP contribution in [0.15, 0.2) is 46.6 Å². The van der Waals surface area contributed by atoms with Gasteiger partial charge in [0.25, 0.3) is 0 Å². The van der Waals surface area contributed by atoms with Crippen LogP contribution in [0.3, 0.4) is 0 Å². The average Bonchev–Trinajstić information content (AvgIpc) is 3.39. The standard InChI is InChI=1S/C20H24N4OS/c1-23(13-18-11-20(22-25-18)17-4-6-21-7-5-17)14-19-10-16(15-26-19)12-24-8-2-3-9-24/h4-7,10-11,15H,2-3,8-9,12-14H2,1H3. The van der Waals surface area contributed by atoms with E-state index in [1.807, 2.05) is 29.5 Å². The van der Waals surface area contributed by atoms with Crippen LogP contribution in [0.5, 0.6) is 0 Å². The zero-order valence-corrected chi connectivity index (χ0v) is 15.9. The predicted molar refractivity (Wildman–Crippen MR) is 104 cm³/mol. The molecule has 0 N–H and O–H groups in total. The highest BCUT2D eigenvalue weighted by Gasteiger charge is 2.14. The van der Waals surface area contributed by atoms with Gasteiger partial charge in [-0.1, -0.05) is 5.16 Å². The molecule has 1 aliphatic rings. The first-order valence-electron chi connectivity index (χ1n) is 9.09. The SMILES string of the molecule is CN(Cc1cc(-c2ccncc2)no1)Cc1cc(CN2CCCC2)cs1. The van der Waals surface area contributed by atoms with Crippen LogP contribution in [0.25, 0.3) is 11.3 Å². The summed E-state index contributed by atoms with van der Waals surface area (Å²) in [5, 5.41) is 6.48. The maximum absolute atomic E-state index is 5.51. The maximum atomic E-state index is 5.51. The van der Waals surface area contributed by atoms with Gasteiger partial charge in [0, 0.05) is 42.0 Å². The fraction of sp³-hybridized carbons (Fsp3) is 0.400. The van der Waals surface area contributed by atoms with Crippen LogP contribution in [0.2, 0.25) is 0 Å². The third-order valence-corrected chi connectivity index (χ3v) is 5.67. The van der Waals surface area contributed by atoms with E-state index in [-0.39, 0.29) is 0 Å². The maximum Gasteiger partial charge on any atom is 0.151 e. The molecule has 1 aliphatic heterocycles. The molecule has 0 aliphatic carbocycles. The Bertz CT molecular complexity index is 823. The highest BCUT2D eigenvalue weighted by atomic mass is 32.1. The van der Waals surface area contributed by atoms with Crippen molar-refractivity contribution in [2.24, 2.45) is 0 Å². The molecule has 1 fully saturated rings. The van der Waals surface area contributed by atoms with E-state index in [1.54, 1.807) is 12.4 Å². The predicted octanol–water partition coefficient (Wildman–Crippen LogP) is 4.03. The fourth-order valence-corrected chi connectivity index (χ4v) is 4.38. The van der Waals surface area contributed by atoms with Crippen molar-refractivity contribution in [3.05, 3.63) is 58.2 Å². The Kier molecular flexibility index (Phi) is 5.43. The van der Waals surface area contributed by atoms with Crippen molar-refractivity contribution in [3.8, 4) is 11.3 Å². The highest BCUT2D eigenvalue weighted by molar-refractivity contribution is 7.10. The first-order valence-corrected chi connectivity index (χ1v) is 9.97. The van der Waals surface area contributed by atoms with Crippen LogP contribution >= 0.6 is 11.3 Å². The van der Waals surface area contributed by atoms with E-state index in [0.29, 0.717) is 0 Å². The summed E-state index contributed by atoms with van der Waals surface area (Å²) < 4.78 is 5.51. The molecule has 26 heavy (non-hydrogen) atoms. The lowest BCUT2D eigenvalue weighted by Crippen LogP contribution is -2.18. The van der Waals surface area contributed by atoms with Crippen molar-refractivity contribution < 1.29 is 4.52 Å². The first kappa shape index (κ1) is 17.4. The molecule has 4 rings (SSSR count). The molecular formula is C20H24N4OS. The van der Waals surface area contributed by atoms with Crippen LogP contribution in [0.4, 0.5) is 0 Å². The summed E-state index contributed by atoms with van der Waals surface area (Å²) in [4.78, 5) is 10.2. The molecule has 0 saturated carbocycles. The minimum atomic E-state index is 0.747. The van der Waals surface area contributed by atoms with Crippen LogP contribution in [0.1, 0.15) is 29.0 Å². The fourth-order valence-electron chi connectivity index (χ4n) is 3.43. The number of hydrogen-bond donors (Lipinski definition) is 0.